The molecule has 0 fully saturated rings. The largest absolute Gasteiger partial charge is 0.452 e. The van der Waals surface area contributed by atoms with Gasteiger partial charge in [-0.05, 0) is 49.2 Å². The first-order valence-electron chi connectivity index (χ1n) is 6.86. The minimum Gasteiger partial charge on any atom is -0.452 e. The van der Waals surface area contributed by atoms with E-state index < -0.39 is 18.5 Å². The van der Waals surface area contributed by atoms with Gasteiger partial charge in [-0.15, -0.1) is 0 Å². The number of rotatable bonds is 4. The molecule has 23 heavy (non-hydrogen) atoms. The van der Waals surface area contributed by atoms with Crippen LogP contribution in [0.5, 0.6) is 0 Å². The Hall–Kier alpha value is -2.04. The summed E-state index contributed by atoms with van der Waals surface area (Å²) in [4.78, 5) is 23.8. The Morgan fingerprint density at radius 1 is 1.04 bits per heavy atom. The van der Waals surface area contributed by atoms with Crippen LogP contribution >= 0.6 is 23.2 Å². The van der Waals surface area contributed by atoms with Crippen molar-refractivity contribution in [1.29, 1.82) is 0 Å². The maximum atomic E-state index is 12.0. The average Bonchev–Trinajstić information content (AvgIpc) is 2.49. The molecule has 0 radical (unpaired) electrons. The number of amides is 1. The van der Waals surface area contributed by atoms with Crippen molar-refractivity contribution in [2.75, 3.05) is 11.9 Å². The molecule has 1 N–H and O–H groups in total. The molecule has 1 amide bonds. The van der Waals surface area contributed by atoms with Gasteiger partial charge in [-0.3, -0.25) is 4.79 Å². The van der Waals surface area contributed by atoms with Gasteiger partial charge in [0.15, 0.2) is 6.61 Å². The maximum Gasteiger partial charge on any atom is 0.341 e. The molecule has 120 valence electrons. The van der Waals surface area contributed by atoms with Gasteiger partial charge in [0.2, 0.25) is 0 Å². The number of benzene rings is 2. The first-order valence-corrected chi connectivity index (χ1v) is 7.62. The second-order valence-corrected chi connectivity index (χ2v) is 5.83. The quantitative estimate of drug-likeness (QED) is 0.830. The van der Waals surface area contributed by atoms with E-state index in [0.29, 0.717) is 5.69 Å². The average molecular weight is 352 g/mol. The van der Waals surface area contributed by atoms with Crippen LogP contribution in [0.25, 0.3) is 0 Å². The number of hydrogen-bond donors (Lipinski definition) is 1. The molecule has 0 bridgehead atoms. The van der Waals surface area contributed by atoms with Gasteiger partial charge in [0.05, 0.1) is 15.6 Å². The molecule has 0 aliphatic heterocycles. The summed E-state index contributed by atoms with van der Waals surface area (Å²) in [5.74, 6) is -1.18. The minimum atomic E-state index is -0.740. The van der Waals surface area contributed by atoms with Crippen LogP contribution in [0.15, 0.2) is 36.4 Å². The Morgan fingerprint density at radius 2 is 1.70 bits per heavy atom. The number of carbonyl (C=O) groups is 2. The third-order valence-electron chi connectivity index (χ3n) is 3.29. The lowest BCUT2D eigenvalue weighted by molar-refractivity contribution is -0.119. The second kappa shape index (κ2) is 7.49. The molecule has 0 aliphatic rings. The summed E-state index contributed by atoms with van der Waals surface area (Å²) in [5.41, 5.74) is 2.88. The van der Waals surface area contributed by atoms with Crippen molar-refractivity contribution < 1.29 is 14.3 Å². The van der Waals surface area contributed by atoms with Crippen molar-refractivity contribution in [3.8, 4) is 0 Å². The Labute approximate surface area is 144 Å². The van der Waals surface area contributed by atoms with Crippen LogP contribution in [0.4, 0.5) is 5.69 Å². The standard InChI is InChI=1S/C17H15Cl2NO3/c1-10-6-7-12(8-11(10)2)20-15(21)9-23-17(22)16-13(18)4-3-5-14(16)19/h3-8H,9H2,1-2H3,(H,20,21). The summed E-state index contributed by atoms with van der Waals surface area (Å²) in [7, 11) is 0. The molecule has 0 saturated carbocycles. The van der Waals surface area contributed by atoms with Crippen molar-refractivity contribution in [2.45, 2.75) is 13.8 Å². The van der Waals surface area contributed by atoms with Crippen molar-refractivity contribution in [1.82, 2.24) is 0 Å². The van der Waals surface area contributed by atoms with Crippen molar-refractivity contribution in [2.24, 2.45) is 0 Å². The highest BCUT2D eigenvalue weighted by atomic mass is 35.5. The summed E-state index contributed by atoms with van der Waals surface area (Å²) < 4.78 is 4.96. The monoisotopic (exact) mass is 351 g/mol. The highest BCUT2D eigenvalue weighted by Gasteiger charge is 2.17. The Morgan fingerprint density at radius 3 is 2.30 bits per heavy atom. The third-order valence-corrected chi connectivity index (χ3v) is 3.92. The lowest BCUT2D eigenvalue weighted by Gasteiger charge is -2.09. The number of carbonyl (C=O) groups excluding carboxylic acids is 2. The van der Waals surface area contributed by atoms with Gasteiger partial charge in [-0.1, -0.05) is 35.3 Å². The van der Waals surface area contributed by atoms with Crippen LogP contribution < -0.4 is 5.32 Å². The molecule has 0 saturated heterocycles. The molecular formula is C17H15Cl2NO3. The Kier molecular flexibility index (Phi) is 5.64. The van der Waals surface area contributed by atoms with E-state index in [1.54, 1.807) is 12.1 Å². The van der Waals surface area contributed by atoms with E-state index in [9.17, 15) is 9.59 Å². The van der Waals surface area contributed by atoms with Crippen LogP contribution in [-0.2, 0) is 9.53 Å². The third kappa shape index (κ3) is 4.47. The van der Waals surface area contributed by atoms with E-state index in [4.69, 9.17) is 27.9 Å². The fourth-order valence-electron chi connectivity index (χ4n) is 1.91. The first kappa shape index (κ1) is 17.3. The number of esters is 1. The highest BCUT2D eigenvalue weighted by Crippen LogP contribution is 2.24. The highest BCUT2D eigenvalue weighted by molar-refractivity contribution is 6.39. The summed E-state index contributed by atoms with van der Waals surface area (Å²) in [6.07, 6.45) is 0. The SMILES string of the molecule is Cc1ccc(NC(=O)COC(=O)c2c(Cl)cccc2Cl)cc1C. The lowest BCUT2D eigenvalue weighted by atomic mass is 10.1. The Balaban J connectivity index is 1.96. The fourth-order valence-corrected chi connectivity index (χ4v) is 2.46. The molecule has 0 unspecified atom stereocenters. The van der Waals surface area contributed by atoms with Gasteiger partial charge in [0, 0.05) is 5.69 Å². The predicted molar refractivity (Wildman–Crippen MR) is 91.3 cm³/mol. The lowest BCUT2D eigenvalue weighted by Crippen LogP contribution is -2.21. The van der Waals surface area contributed by atoms with Crippen molar-refractivity contribution in [3.63, 3.8) is 0 Å². The maximum absolute atomic E-state index is 12.0. The van der Waals surface area contributed by atoms with E-state index in [-0.39, 0.29) is 15.6 Å². The molecule has 0 aromatic heterocycles. The van der Waals surface area contributed by atoms with Crippen LogP contribution in [-0.4, -0.2) is 18.5 Å². The van der Waals surface area contributed by atoms with E-state index in [0.717, 1.165) is 11.1 Å². The molecule has 0 aliphatic carbocycles. The minimum absolute atomic E-state index is 0.0508. The van der Waals surface area contributed by atoms with Gasteiger partial charge in [0.1, 0.15) is 0 Å². The molecule has 0 atom stereocenters. The van der Waals surface area contributed by atoms with E-state index in [1.807, 2.05) is 26.0 Å². The van der Waals surface area contributed by atoms with Gasteiger partial charge in [0.25, 0.3) is 5.91 Å². The molecular weight excluding hydrogens is 337 g/mol. The van der Waals surface area contributed by atoms with Gasteiger partial charge in [-0.2, -0.15) is 0 Å². The molecule has 4 nitrogen and oxygen atoms in total. The summed E-state index contributed by atoms with van der Waals surface area (Å²) in [5, 5.41) is 3.02. The first-order chi connectivity index (χ1) is 10.9. The summed E-state index contributed by atoms with van der Waals surface area (Å²) in [6.45, 7) is 3.51. The van der Waals surface area contributed by atoms with Gasteiger partial charge >= 0.3 is 5.97 Å². The van der Waals surface area contributed by atoms with E-state index >= 15 is 0 Å². The predicted octanol–water partition coefficient (Wildman–Crippen LogP) is 4.41. The number of hydrogen-bond acceptors (Lipinski definition) is 3. The van der Waals surface area contributed by atoms with Crippen LogP contribution in [0.1, 0.15) is 21.5 Å². The molecule has 0 spiro atoms. The molecule has 0 heterocycles. The Bertz CT molecular complexity index is 739. The normalized spacial score (nSPS) is 10.3. The smallest absolute Gasteiger partial charge is 0.341 e. The second-order valence-electron chi connectivity index (χ2n) is 5.02. The zero-order valence-electron chi connectivity index (χ0n) is 12.7. The van der Waals surface area contributed by atoms with Gasteiger partial charge < -0.3 is 10.1 Å². The van der Waals surface area contributed by atoms with Gasteiger partial charge in [-0.25, -0.2) is 4.79 Å². The van der Waals surface area contributed by atoms with Crippen LogP contribution in [0, 0.1) is 13.8 Å². The number of nitrogens with one attached hydrogen (secondary N) is 1. The summed E-state index contributed by atoms with van der Waals surface area (Å²) >= 11 is 11.8. The van der Waals surface area contributed by atoms with Crippen LogP contribution in [0.2, 0.25) is 10.0 Å². The van der Waals surface area contributed by atoms with Crippen molar-refractivity contribution in [3.05, 3.63) is 63.1 Å². The zero-order valence-corrected chi connectivity index (χ0v) is 14.2. The van der Waals surface area contributed by atoms with E-state index in [1.165, 1.54) is 12.1 Å². The summed E-state index contributed by atoms with van der Waals surface area (Å²) in [6, 6.07) is 10.2. The molecule has 2 rings (SSSR count). The van der Waals surface area contributed by atoms with Crippen LogP contribution in [0.3, 0.4) is 0 Å². The number of anilines is 1. The fraction of sp³-hybridized carbons (Fsp3) is 0.176. The topological polar surface area (TPSA) is 55.4 Å². The molecule has 2 aromatic rings. The van der Waals surface area contributed by atoms with E-state index in [2.05, 4.69) is 5.32 Å². The van der Waals surface area contributed by atoms with Crippen molar-refractivity contribution >= 4 is 40.8 Å². The number of halogens is 2. The number of aryl methyl sites for hydroxylation is 2. The molecule has 2 aromatic carbocycles. The molecule has 6 heteroatoms. The number of ether oxygens (including phenoxy) is 1. The zero-order chi connectivity index (χ0) is 17.0.